The highest BCUT2D eigenvalue weighted by atomic mass is 32.2. The van der Waals surface area contributed by atoms with Crippen LogP contribution in [0, 0.1) is 6.92 Å². The maximum Gasteiger partial charge on any atom is 0.163 e. The molecule has 0 amide bonds. The van der Waals surface area contributed by atoms with Crippen molar-refractivity contribution < 1.29 is 30.3 Å². The van der Waals surface area contributed by atoms with E-state index in [0.29, 0.717) is 0 Å². The van der Waals surface area contributed by atoms with Crippen LogP contribution in [0.25, 0.3) is 21.7 Å². The lowest BCUT2D eigenvalue weighted by Gasteiger charge is -2.40. The van der Waals surface area contributed by atoms with Crippen LogP contribution in [0.4, 0.5) is 0 Å². The number of aromatic hydroxyl groups is 1. The summed E-state index contributed by atoms with van der Waals surface area (Å²) in [7, 11) is 0. The summed E-state index contributed by atoms with van der Waals surface area (Å²) in [5.41, 5.74) is 1.86. The number of aliphatic hydroxyl groups excluding tert-OH is 4. The van der Waals surface area contributed by atoms with Gasteiger partial charge >= 0.3 is 0 Å². The second kappa shape index (κ2) is 8.64. The van der Waals surface area contributed by atoms with Crippen molar-refractivity contribution in [2.75, 3.05) is 6.61 Å². The standard InChI is InChI=1S/C25H25NO6S/c1-13-3-2-4-18-21(13)20(33-17-8-6-14-9-16(28)7-5-15(14)10-17)11-26(18)25-24(31)23(30)22(29)19(12-27)32-25/h2-11,19,22-25,27-31H,12H2,1H3/t19-,22-,23+,24-,25-/m1/s1. The lowest BCUT2D eigenvalue weighted by molar-refractivity contribution is -0.250. The number of phenolic OH excluding ortho intramolecular Hbond substituents is 1. The molecule has 3 aromatic carbocycles. The largest absolute Gasteiger partial charge is 0.508 e. The van der Waals surface area contributed by atoms with Crippen molar-refractivity contribution >= 4 is 33.4 Å². The van der Waals surface area contributed by atoms with Crippen LogP contribution in [0.15, 0.2) is 70.6 Å². The quantitative estimate of drug-likeness (QED) is 0.313. The Morgan fingerprint density at radius 3 is 2.48 bits per heavy atom. The maximum atomic E-state index is 10.7. The third-order valence-electron chi connectivity index (χ3n) is 6.20. The molecule has 2 heterocycles. The first kappa shape index (κ1) is 22.2. The molecular weight excluding hydrogens is 442 g/mol. The van der Waals surface area contributed by atoms with Crippen LogP contribution in [0.3, 0.4) is 0 Å². The van der Waals surface area contributed by atoms with Gasteiger partial charge in [-0.05, 0) is 53.6 Å². The van der Waals surface area contributed by atoms with Crippen molar-refractivity contribution in [3.63, 3.8) is 0 Å². The molecule has 8 heteroatoms. The van der Waals surface area contributed by atoms with Gasteiger partial charge in [0.15, 0.2) is 6.23 Å². The lowest BCUT2D eigenvalue weighted by atomic mass is 9.98. The number of aliphatic hydroxyl groups is 4. The second-order valence-electron chi connectivity index (χ2n) is 8.38. The van der Waals surface area contributed by atoms with Gasteiger partial charge in [0.05, 0.1) is 12.1 Å². The number of rotatable bonds is 4. The van der Waals surface area contributed by atoms with Crippen molar-refractivity contribution in [3.8, 4) is 5.75 Å². The second-order valence-corrected chi connectivity index (χ2v) is 9.50. The molecule has 5 rings (SSSR count). The minimum atomic E-state index is -1.45. The summed E-state index contributed by atoms with van der Waals surface area (Å²) in [6.45, 7) is 1.53. The average molecular weight is 468 g/mol. The Hall–Kier alpha value is -2.59. The van der Waals surface area contributed by atoms with E-state index in [4.69, 9.17) is 4.74 Å². The zero-order valence-electron chi connectivity index (χ0n) is 17.9. The van der Waals surface area contributed by atoms with Gasteiger partial charge < -0.3 is 34.8 Å². The Kier molecular flexibility index (Phi) is 5.82. The van der Waals surface area contributed by atoms with Crippen LogP contribution in [-0.2, 0) is 4.74 Å². The molecule has 1 fully saturated rings. The van der Waals surface area contributed by atoms with Gasteiger partial charge in [0.2, 0.25) is 0 Å². The van der Waals surface area contributed by atoms with E-state index < -0.39 is 37.3 Å². The first-order valence-corrected chi connectivity index (χ1v) is 11.5. The summed E-state index contributed by atoms with van der Waals surface area (Å²) in [5, 5.41) is 53.4. The average Bonchev–Trinajstić information content (AvgIpc) is 3.17. The lowest BCUT2D eigenvalue weighted by Crippen LogP contribution is -2.56. The Morgan fingerprint density at radius 2 is 1.70 bits per heavy atom. The number of hydrogen-bond acceptors (Lipinski definition) is 7. The minimum Gasteiger partial charge on any atom is -0.508 e. The molecule has 0 unspecified atom stereocenters. The predicted octanol–water partition coefficient (Wildman–Crippen LogP) is 2.93. The van der Waals surface area contributed by atoms with Crippen molar-refractivity contribution in [1.82, 2.24) is 4.57 Å². The topological polar surface area (TPSA) is 115 Å². The summed E-state index contributed by atoms with van der Waals surface area (Å²) in [6.07, 6.45) is -4.31. The first-order chi connectivity index (χ1) is 15.9. The Morgan fingerprint density at radius 1 is 0.939 bits per heavy atom. The van der Waals surface area contributed by atoms with Crippen LogP contribution in [0.1, 0.15) is 11.8 Å². The fourth-order valence-electron chi connectivity index (χ4n) is 4.45. The fourth-order valence-corrected chi connectivity index (χ4v) is 5.56. The number of aromatic nitrogens is 1. The molecule has 1 aromatic heterocycles. The van der Waals surface area contributed by atoms with E-state index in [1.807, 2.05) is 49.5 Å². The molecule has 7 nitrogen and oxygen atoms in total. The van der Waals surface area contributed by atoms with E-state index in [-0.39, 0.29) is 5.75 Å². The van der Waals surface area contributed by atoms with Gasteiger partial charge in [-0.1, -0.05) is 36.0 Å². The smallest absolute Gasteiger partial charge is 0.163 e. The van der Waals surface area contributed by atoms with E-state index in [2.05, 4.69) is 6.07 Å². The van der Waals surface area contributed by atoms with Gasteiger partial charge in [-0.15, -0.1) is 0 Å². The molecule has 0 bridgehead atoms. The monoisotopic (exact) mass is 467 g/mol. The Balaban J connectivity index is 1.58. The third-order valence-corrected chi connectivity index (χ3v) is 7.22. The summed E-state index contributed by atoms with van der Waals surface area (Å²) >= 11 is 1.56. The number of hydrogen-bond donors (Lipinski definition) is 5. The number of ether oxygens (including phenoxy) is 1. The zero-order valence-corrected chi connectivity index (χ0v) is 18.7. The van der Waals surface area contributed by atoms with Gasteiger partial charge in [-0.25, -0.2) is 0 Å². The van der Waals surface area contributed by atoms with E-state index >= 15 is 0 Å². The number of phenols is 1. The Bertz CT molecular complexity index is 1320. The van der Waals surface area contributed by atoms with E-state index in [9.17, 15) is 25.5 Å². The van der Waals surface area contributed by atoms with Gasteiger partial charge in [0.1, 0.15) is 30.2 Å². The van der Waals surface area contributed by atoms with Crippen LogP contribution in [0.5, 0.6) is 5.75 Å². The number of nitrogens with zero attached hydrogens (tertiary/aromatic N) is 1. The SMILES string of the molecule is Cc1cccc2c1c(Sc1ccc3cc(O)ccc3c1)cn2[C@@H]1O[C@H](CO)[C@@H](O)[C@H](O)[C@H]1O. The van der Waals surface area contributed by atoms with Crippen molar-refractivity contribution in [2.45, 2.75) is 47.4 Å². The molecule has 0 radical (unpaired) electrons. The highest BCUT2D eigenvalue weighted by Crippen LogP contribution is 2.41. The van der Waals surface area contributed by atoms with Gasteiger partial charge in [0, 0.05) is 21.4 Å². The van der Waals surface area contributed by atoms with E-state index in [1.54, 1.807) is 28.5 Å². The van der Waals surface area contributed by atoms with Crippen LogP contribution >= 0.6 is 11.8 Å². The van der Waals surface area contributed by atoms with Crippen LogP contribution < -0.4 is 0 Å². The van der Waals surface area contributed by atoms with Crippen LogP contribution in [0.2, 0.25) is 0 Å². The van der Waals surface area contributed by atoms with Crippen molar-refractivity contribution in [2.24, 2.45) is 0 Å². The normalized spacial score (nSPS) is 25.7. The zero-order chi connectivity index (χ0) is 23.3. The van der Waals surface area contributed by atoms with Crippen molar-refractivity contribution in [1.29, 1.82) is 0 Å². The van der Waals surface area contributed by atoms with Crippen molar-refractivity contribution in [3.05, 3.63) is 66.4 Å². The summed E-state index contributed by atoms with van der Waals surface area (Å²) in [5.74, 6) is 0.223. The molecule has 5 N–H and O–H groups in total. The fraction of sp³-hybridized carbons (Fsp3) is 0.280. The number of benzene rings is 3. The Labute approximate surface area is 194 Å². The predicted molar refractivity (Wildman–Crippen MR) is 125 cm³/mol. The molecule has 0 spiro atoms. The maximum absolute atomic E-state index is 10.7. The molecule has 1 saturated heterocycles. The van der Waals surface area contributed by atoms with Gasteiger partial charge in [-0.3, -0.25) is 0 Å². The molecule has 1 aliphatic heterocycles. The highest BCUT2D eigenvalue weighted by Gasteiger charge is 2.44. The molecule has 0 saturated carbocycles. The third kappa shape index (κ3) is 3.89. The van der Waals surface area contributed by atoms with E-state index in [1.165, 1.54) is 0 Å². The molecule has 33 heavy (non-hydrogen) atoms. The van der Waals surface area contributed by atoms with Gasteiger partial charge in [-0.2, -0.15) is 0 Å². The molecule has 172 valence electrons. The minimum absolute atomic E-state index is 0.223. The summed E-state index contributed by atoms with van der Waals surface area (Å²) in [6, 6.07) is 17.1. The molecule has 5 atom stereocenters. The molecule has 1 aliphatic rings. The molecule has 4 aromatic rings. The summed E-state index contributed by atoms with van der Waals surface area (Å²) in [4.78, 5) is 1.95. The van der Waals surface area contributed by atoms with Crippen LogP contribution in [-0.4, -0.2) is 61.1 Å². The first-order valence-electron chi connectivity index (χ1n) is 10.7. The highest BCUT2D eigenvalue weighted by molar-refractivity contribution is 7.99. The van der Waals surface area contributed by atoms with E-state index in [0.717, 1.165) is 37.0 Å². The van der Waals surface area contributed by atoms with Gasteiger partial charge in [0.25, 0.3) is 0 Å². The molecule has 0 aliphatic carbocycles. The summed E-state index contributed by atoms with van der Waals surface area (Å²) < 4.78 is 7.57. The number of aryl methyl sites for hydroxylation is 1. The number of fused-ring (bicyclic) bond motifs is 2. The molecular formula is C25H25NO6S.